The number of aliphatic imine (C=N–C) groups is 1. The minimum atomic E-state index is -0.835. The lowest BCUT2D eigenvalue weighted by Gasteiger charge is -2.16. The molecule has 0 saturated carbocycles. The number of benzene rings is 3. The molecule has 0 spiro atoms. The highest BCUT2D eigenvalue weighted by Gasteiger charge is 2.39. The van der Waals surface area contributed by atoms with E-state index in [1.54, 1.807) is 54.6 Å². The van der Waals surface area contributed by atoms with Crippen molar-refractivity contribution in [3.8, 4) is 0 Å². The second-order valence-corrected chi connectivity index (χ2v) is 11.4. The molecular weight excluding hydrogens is 590 g/mol. The third-order valence-corrected chi connectivity index (χ3v) is 8.33. The van der Waals surface area contributed by atoms with Gasteiger partial charge in [0.25, 0.3) is 0 Å². The molecule has 0 bridgehead atoms. The first kappa shape index (κ1) is 29.6. The number of anilines is 1. The lowest BCUT2D eigenvalue weighted by Crippen LogP contribution is -2.41. The number of ether oxygens (including phenoxy) is 1. The molecule has 5 aromatic rings. The summed E-state index contributed by atoms with van der Waals surface area (Å²) < 4.78 is 10.7. The van der Waals surface area contributed by atoms with Crippen LogP contribution in [0.25, 0.3) is 10.9 Å². The first-order valence-corrected chi connectivity index (χ1v) is 15.1. The number of pyridine rings is 1. The molecule has 11 heteroatoms. The fourth-order valence-electron chi connectivity index (χ4n) is 4.74. The molecule has 45 heavy (non-hydrogen) atoms. The number of nitrogens with one attached hydrogen (secondary N) is 2. The van der Waals surface area contributed by atoms with Gasteiger partial charge in [0, 0.05) is 17.3 Å². The molecule has 1 aliphatic rings. The molecule has 0 aliphatic carbocycles. The number of rotatable bonds is 9. The van der Waals surface area contributed by atoms with Crippen LogP contribution in [0.2, 0.25) is 0 Å². The third-order valence-electron chi connectivity index (χ3n) is 7.10. The van der Waals surface area contributed by atoms with Crippen LogP contribution in [-0.2, 0) is 27.5 Å². The number of aromatic nitrogens is 1. The van der Waals surface area contributed by atoms with Gasteiger partial charge in [-0.1, -0.05) is 60.3 Å². The second kappa shape index (κ2) is 13.5. The van der Waals surface area contributed by atoms with Crippen molar-refractivity contribution in [2.24, 2.45) is 4.99 Å². The summed E-state index contributed by atoms with van der Waals surface area (Å²) in [5.41, 5.74) is 3.65. The van der Waals surface area contributed by atoms with E-state index in [1.165, 1.54) is 11.8 Å². The lowest BCUT2D eigenvalue weighted by atomic mass is 10.1. The van der Waals surface area contributed by atoms with E-state index in [4.69, 9.17) is 14.1 Å². The van der Waals surface area contributed by atoms with Gasteiger partial charge < -0.3 is 19.8 Å². The number of fused-ring (bicyclic) bond motifs is 1. The van der Waals surface area contributed by atoms with Crippen molar-refractivity contribution in [3.05, 3.63) is 126 Å². The summed E-state index contributed by atoms with van der Waals surface area (Å²) in [5, 5.41) is 6.22. The van der Waals surface area contributed by atoms with Crippen molar-refractivity contribution in [1.29, 1.82) is 0 Å². The molecule has 3 aromatic carbocycles. The molecule has 1 saturated heterocycles. The molecule has 226 valence electrons. The van der Waals surface area contributed by atoms with Crippen LogP contribution in [0, 0.1) is 0 Å². The molecule has 2 atom stereocenters. The highest BCUT2D eigenvalue weighted by atomic mass is 32.2. The number of carbonyl (C=O) groups excluding carboxylic acids is 3. The summed E-state index contributed by atoms with van der Waals surface area (Å²) in [6, 6.07) is 28.6. The fourth-order valence-corrected chi connectivity index (χ4v) is 5.91. The molecule has 6 rings (SSSR count). The predicted molar refractivity (Wildman–Crippen MR) is 173 cm³/mol. The monoisotopic (exact) mass is 619 g/mol. The quantitative estimate of drug-likeness (QED) is 0.191. The SMILES string of the molecule is C[C@H](NC(=O)OCc1ccccc1)C(=O)Nc1ccc(C2SC(=Nc3cccc4ncccc34)N(Cc3ccco3)C2=O)cc1. The number of thioether (sulfide) groups is 1. The van der Waals surface area contributed by atoms with Crippen LogP contribution in [0.4, 0.5) is 16.2 Å². The third kappa shape index (κ3) is 7.05. The number of amides is 3. The zero-order valence-electron chi connectivity index (χ0n) is 24.3. The van der Waals surface area contributed by atoms with E-state index in [9.17, 15) is 14.4 Å². The highest BCUT2D eigenvalue weighted by Crippen LogP contribution is 2.42. The average Bonchev–Trinajstić information content (AvgIpc) is 3.69. The maximum Gasteiger partial charge on any atom is 0.408 e. The van der Waals surface area contributed by atoms with E-state index in [1.807, 2.05) is 66.7 Å². The summed E-state index contributed by atoms with van der Waals surface area (Å²) in [6.07, 6.45) is 2.62. The fraction of sp³-hybridized carbons (Fsp3) is 0.147. The van der Waals surface area contributed by atoms with Crippen molar-refractivity contribution < 1.29 is 23.5 Å². The number of hydrogen-bond acceptors (Lipinski definition) is 8. The molecule has 0 radical (unpaired) electrons. The van der Waals surface area contributed by atoms with Gasteiger partial charge in [-0.05, 0) is 66.6 Å². The van der Waals surface area contributed by atoms with Gasteiger partial charge in [0.05, 0.1) is 24.0 Å². The first-order valence-electron chi connectivity index (χ1n) is 14.3. The highest BCUT2D eigenvalue weighted by molar-refractivity contribution is 8.15. The van der Waals surface area contributed by atoms with Crippen molar-refractivity contribution in [2.45, 2.75) is 31.4 Å². The summed E-state index contributed by atoms with van der Waals surface area (Å²) in [4.78, 5) is 49.6. The van der Waals surface area contributed by atoms with Crippen LogP contribution in [0.3, 0.4) is 0 Å². The Morgan fingerprint density at radius 2 is 1.82 bits per heavy atom. The number of alkyl carbamates (subject to hydrolysis) is 1. The number of nitrogens with zero attached hydrogens (tertiary/aromatic N) is 3. The standard InChI is InChI=1S/C34H29N5O5S/c1-22(36-34(42)44-21-23-8-3-2-4-9-23)31(40)37-25-16-14-24(15-17-25)30-32(41)39(20-26-10-7-19-43-26)33(45-30)38-29-13-5-12-28-27(29)11-6-18-35-28/h2-19,22,30H,20-21H2,1H3,(H,36,42)(H,37,40)/t22-,30?/m0/s1. The first-order chi connectivity index (χ1) is 21.9. The smallest absolute Gasteiger partial charge is 0.408 e. The van der Waals surface area contributed by atoms with Gasteiger partial charge in [-0.2, -0.15) is 0 Å². The Kier molecular flexibility index (Phi) is 8.88. The summed E-state index contributed by atoms with van der Waals surface area (Å²) in [7, 11) is 0. The minimum Gasteiger partial charge on any atom is -0.467 e. The Bertz CT molecular complexity index is 1840. The van der Waals surface area contributed by atoms with Crippen molar-refractivity contribution >= 4 is 57.1 Å². The summed E-state index contributed by atoms with van der Waals surface area (Å²) in [5.74, 6) is 0.105. The van der Waals surface area contributed by atoms with Crippen LogP contribution < -0.4 is 10.6 Å². The van der Waals surface area contributed by atoms with Crippen LogP contribution in [0.15, 0.2) is 119 Å². The van der Waals surface area contributed by atoms with E-state index in [-0.39, 0.29) is 19.1 Å². The Labute approximate surface area is 263 Å². The Balaban J connectivity index is 1.13. The maximum atomic E-state index is 13.7. The van der Waals surface area contributed by atoms with E-state index in [0.717, 1.165) is 22.0 Å². The van der Waals surface area contributed by atoms with Crippen LogP contribution in [-0.4, -0.2) is 39.0 Å². The maximum absolute atomic E-state index is 13.7. The zero-order chi connectivity index (χ0) is 31.2. The van der Waals surface area contributed by atoms with Crippen molar-refractivity contribution in [3.63, 3.8) is 0 Å². The topological polar surface area (TPSA) is 126 Å². The minimum absolute atomic E-state index is 0.102. The average molecular weight is 620 g/mol. The van der Waals surface area contributed by atoms with E-state index >= 15 is 0 Å². The van der Waals surface area contributed by atoms with Gasteiger partial charge >= 0.3 is 6.09 Å². The van der Waals surface area contributed by atoms with Crippen LogP contribution in [0.5, 0.6) is 0 Å². The lowest BCUT2D eigenvalue weighted by molar-refractivity contribution is -0.126. The largest absolute Gasteiger partial charge is 0.467 e. The number of carbonyl (C=O) groups is 3. The molecule has 1 fully saturated rings. The van der Waals surface area contributed by atoms with Crippen LogP contribution in [0.1, 0.15) is 29.1 Å². The van der Waals surface area contributed by atoms with Gasteiger partial charge in [-0.25, -0.2) is 9.79 Å². The van der Waals surface area contributed by atoms with Gasteiger partial charge in [0.15, 0.2) is 5.17 Å². The molecule has 2 N–H and O–H groups in total. The van der Waals surface area contributed by atoms with Gasteiger partial charge in [-0.3, -0.25) is 19.5 Å². The number of amidine groups is 1. The van der Waals surface area contributed by atoms with E-state index in [0.29, 0.717) is 22.3 Å². The van der Waals surface area contributed by atoms with E-state index < -0.39 is 23.3 Å². The summed E-state index contributed by atoms with van der Waals surface area (Å²) in [6.45, 7) is 1.91. The number of hydrogen-bond donors (Lipinski definition) is 2. The Hall–Kier alpha value is -5.42. The van der Waals surface area contributed by atoms with Crippen molar-refractivity contribution in [1.82, 2.24) is 15.2 Å². The number of furan rings is 1. The van der Waals surface area contributed by atoms with Crippen molar-refractivity contribution in [2.75, 3.05) is 5.32 Å². The normalized spacial score (nSPS) is 16.1. The second-order valence-electron chi connectivity index (χ2n) is 10.3. The molecular formula is C34H29N5O5S. The zero-order valence-corrected chi connectivity index (χ0v) is 25.1. The van der Waals surface area contributed by atoms with Crippen LogP contribution >= 0.6 is 11.8 Å². The Morgan fingerprint density at radius 1 is 1.00 bits per heavy atom. The molecule has 1 unspecified atom stereocenters. The van der Waals surface area contributed by atoms with Gasteiger partial charge in [0.1, 0.15) is 23.7 Å². The van der Waals surface area contributed by atoms with E-state index in [2.05, 4.69) is 15.6 Å². The molecule has 2 aromatic heterocycles. The molecule has 3 heterocycles. The molecule has 1 aliphatic heterocycles. The van der Waals surface area contributed by atoms with Gasteiger partial charge in [0.2, 0.25) is 11.8 Å². The molecule has 10 nitrogen and oxygen atoms in total. The predicted octanol–water partition coefficient (Wildman–Crippen LogP) is 6.59. The Morgan fingerprint density at radius 3 is 2.60 bits per heavy atom. The summed E-state index contributed by atoms with van der Waals surface area (Å²) >= 11 is 1.36. The molecule has 3 amide bonds. The van der Waals surface area contributed by atoms with Gasteiger partial charge in [-0.15, -0.1) is 0 Å².